The summed E-state index contributed by atoms with van der Waals surface area (Å²) in [5.41, 5.74) is 8.52. The zero-order chi connectivity index (χ0) is 10.4. The lowest BCUT2D eigenvalue weighted by Crippen LogP contribution is -2.27. The van der Waals surface area contributed by atoms with E-state index in [9.17, 15) is 0 Å². The first kappa shape index (κ1) is 11.2. The molecule has 0 aromatic heterocycles. The Kier molecular flexibility index (Phi) is 4.63. The van der Waals surface area contributed by atoms with Gasteiger partial charge in [0.15, 0.2) is 0 Å². The van der Waals surface area contributed by atoms with Gasteiger partial charge in [0, 0.05) is 13.2 Å². The van der Waals surface area contributed by atoms with Crippen molar-refractivity contribution in [1.82, 2.24) is 0 Å². The van der Waals surface area contributed by atoms with E-state index in [4.69, 9.17) is 10.5 Å². The van der Waals surface area contributed by atoms with Crippen LogP contribution in [0.25, 0.3) is 0 Å². The van der Waals surface area contributed by atoms with Gasteiger partial charge in [0.25, 0.3) is 0 Å². The SMILES string of the molecule is CCc1ccc(CC(N)COC)cc1. The Balaban J connectivity index is 2.50. The minimum absolute atomic E-state index is 0.104. The van der Waals surface area contributed by atoms with Crippen LogP contribution in [-0.2, 0) is 17.6 Å². The van der Waals surface area contributed by atoms with Crippen LogP contribution in [0.2, 0.25) is 0 Å². The van der Waals surface area contributed by atoms with Gasteiger partial charge >= 0.3 is 0 Å². The van der Waals surface area contributed by atoms with Gasteiger partial charge in [0.1, 0.15) is 0 Å². The van der Waals surface area contributed by atoms with Crippen molar-refractivity contribution >= 4 is 0 Å². The van der Waals surface area contributed by atoms with Crippen molar-refractivity contribution in [3.05, 3.63) is 35.4 Å². The molecule has 0 heterocycles. The predicted molar refractivity (Wildman–Crippen MR) is 59.4 cm³/mol. The van der Waals surface area contributed by atoms with E-state index in [-0.39, 0.29) is 6.04 Å². The summed E-state index contributed by atoms with van der Waals surface area (Å²) in [6, 6.07) is 8.72. The standard InChI is InChI=1S/C12H19NO/c1-3-10-4-6-11(7-5-10)8-12(13)9-14-2/h4-7,12H,3,8-9,13H2,1-2H3. The highest BCUT2D eigenvalue weighted by molar-refractivity contribution is 5.23. The predicted octanol–water partition coefficient (Wildman–Crippen LogP) is 1.77. The van der Waals surface area contributed by atoms with Crippen molar-refractivity contribution < 1.29 is 4.74 Å². The van der Waals surface area contributed by atoms with Gasteiger partial charge in [-0.2, -0.15) is 0 Å². The normalized spacial score (nSPS) is 12.8. The Morgan fingerprint density at radius 1 is 1.21 bits per heavy atom. The summed E-state index contributed by atoms with van der Waals surface area (Å²) in [6.45, 7) is 2.78. The number of ether oxygens (including phenoxy) is 1. The molecule has 14 heavy (non-hydrogen) atoms. The Hall–Kier alpha value is -0.860. The minimum atomic E-state index is 0.104. The van der Waals surface area contributed by atoms with E-state index in [2.05, 4.69) is 31.2 Å². The molecule has 2 N–H and O–H groups in total. The summed E-state index contributed by atoms with van der Waals surface area (Å²) in [6.07, 6.45) is 1.97. The molecule has 1 aromatic carbocycles. The van der Waals surface area contributed by atoms with E-state index in [1.54, 1.807) is 7.11 Å². The van der Waals surface area contributed by atoms with Gasteiger partial charge in [-0.05, 0) is 24.0 Å². The lowest BCUT2D eigenvalue weighted by molar-refractivity contribution is 0.180. The highest BCUT2D eigenvalue weighted by Crippen LogP contribution is 2.06. The van der Waals surface area contributed by atoms with Crippen LogP contribution in [-0.4, -0.2) is 19.8 Å². The van der Waals surface area contributed by atoms with Crippen molar-refractivity contribution in [2.24, 2.45) is 5.73 Å². The first-order chi connectivity index (χ1) is 6.76. The third-order valence-electron chi connectivity index (χ3n) is 2.31. The van der Waals surface area contributed by atoms with Gasteiger partial charge < -0.3 is 10.5 Å². The molecular formula is C12H19NO. The fraction of sp³-hybridized carbons (Fsp3) is 0.500. The summed E-state index contributed by atoms with van der Waals surface area (Å²) in [4.78, 5) is 0. The molecule has 1 aromatic rings. The number of rotatable bonds is 5. The van der Waals surface area contributed by atoms with Crippen LogP contribution in [0.1, 0.15) is 18.1 Å². The molecule has 1 unspecified atom stereocenters. The fourth-order valence-corrected chi connectivity index (χ4v) is 1.49. The van der Waals surface area contributed by atoms with Crippen molar-refractivity contribution in [1.29, 1.82) is 0 Å². The second-order valence-electron chi connectivity index (χ2n) is 3.59. The molecule has 0 radical (unpaired) electrons. The van der Waals surface area contributed by atoms with Crippen molar-refractivity contribution in [2.45, 2.75) is 25.8 Å². The van der Waals surface area contributed by atoms with Gasteiger partial charge in [-0.3, -0.25) is 0 Å². The van der Waals surface area contributed by atoms with Crippen LogP contribution >= 0.6 is 0 Å². The molecule has 0 fully saturated rings. The lowest BCUT2D eigenvalue weighted by atomic mass is 10.0. The second kappa shape index (κ2) is 5.78. The van der Waals surface area contributed by atoms with Crippen LogP contribution < -0.4 is 5.73 Å². The molecule has 0 aliphatic carbocycles. The Morgan fingerprint density at radius 2 is 1.79 bits per heavy atom. The molecule has 78 valence electrons. The first-order valence-electron chi connectivity index (χ1n) is 5.08. The van der Waals surface area contributed by atoms with E-state index in [0.29, 0.717) is 6.61 Å². The maximum Gasteiger partial charge on any atom is 0.0616 e. The van der Waals surface area contributed by atoms with E-state index < -0.39 is 0 Å². The number of hydrogen-bond donors (Lipinski definition) is 1. The van der Waals surface area contributed by atoms with Crippen LogP contribution in [0, 0.1) is 0 Å². The zero-order valence-corrected chi connectivity index (χ0v) is 8.99. The van der Waals surface area contributed by atoms with Gasteiger partial charge in [-0.15, -0.1) is 0 Å². The molecular weight excluding hydrogens is 174 g/mol. The molecule has 0 saturated heterocycles. The van der Waals surface area contributed by atoms with Crippen LogP contribution in [0.4, 0.5) is 0 Å². The molecule has 2 heteroatoms. The van der Waals surface area contributed by atoms with E-state index in [1.807, 2.05) is 0 Å². The number of aryl methyl sites for hydroxylation is 1. The van der Waals surface area contributed by atoms with Crippen molar-refractivity contribution in [3.63, 3.8) is 0 Å². The average Bonchev–Trinajstić information content (AvgIpc) is 2.19. The molecule has 0 amide bonds. The summed E-state index contributed by atoms with van der Waals surface area (Å²) in [5, 5.41) is 0. The molecule has 0 aliphatic heterocycles. The zero-order valence-electron chi connectivity index (χ0n) is 8.99. The molecule has 0 spiro atoms. The van der Waals surface area contributed by atoms with Crippen LogP contribution in [0.5, 0.6) is 0 Å². The Labute approximate surface area is 86.1 Å². The van der Waals surface area contributed by atoms with E-state index in [0.717, 1.165) is 12.8 Å². The van der Waals surface area contributed by atoms with Gasteiger partial charge in [-0.25, -0.2) is 0 Å². The van der Waals surface area contributed by atoms with Gasteiger partial charge in [0.2, 0.25) is 0 Å². The van der Waals surface area contributed by atoms with Crippen LogP contribution in [0.15, 0.2) is 24.3 Å². The lowest BCUT2D eigenvalue weighted by Gasteiger charge is -2.10. The molecule has 2 nitrogen and oxygen atoms in total. The average molecular weight is 193 g/mol. The number of nitrogens with two attached hydrogens (primary N) is 1. The Morgan fingerprint density at radius 3 is 2.29 bits per heavy atom. The molecule has 0 bridgehead atoms. The van der Waals surface area contributed by atoms with Crippen LogP contribution in [0.3, 0.4) is 0 Å². The van der Waals surface area contributed by atoms with Crippen molar-refractivity contribution in [3.8, 4) is 0 Å². The summed E-state index contributed by atoms with van der Waals surface area (Å²) in [5.74, 6) is 0. The fourth-order valence-electron chi connectivity index (χ4n) is 1.49. The van der Waals surface area contributed by atoms with Gasteiger partial charge in [-0.1, -0.05) is 31.2 Å². The monoisotopic (exact) mass is 193 g/mol. The minimum Gasteiger partial charge on any atom is -0.383 e. The summed E-state index contributed by atoms with van der Waals surface area (Å²) in [7, 11) is 1.68. The number of benzene rings is 1. The quantitative estimate of drug-likeness (QED) is 0.773. The van der Waals surface area contributed by atoms with E-state index in [1.165, 1.54) is 11.1 Å². The highest BCUT2D eigenvalue weighted by Gasteiger charge is 2.02. The van der Waals surface area contributed by atoms with Gasteiger partial charge in [0.05, 0.1) is 6.61 Å². The molecule has 0 saturated carbocycles. The topological polar surface area (TPSA) is 35.2 Å². The van der Waals surface area contributed by atoms with Crippen molar-refractivity contribution in [2.75, 3.05) is 13.7 Å². The molecule has 1 atom stereocenters. The third-order valence-corrected chi connectivity index (χ3v) is 2.31. The largest absolute Gasteiger partial charge is 0.383 e. The maximum absolute atomic E-state index is 5.86. The molecule has 1 rings (SSSR count). The smallest absolute Gasteiger partial charge is 0.0616 e. The molecule has 0 aliphatic rings. The number of methoxy groups -OCH3 is 1. The van der Waals surface area contributed by atoms with E-state index >= 15 is 0 Å². The number of hydrogen-bond acceptors (Lipinski definition) is 2. The summed E-state index contributed by atoms with van der Waals surface area (Å²) >= 11 is 0. The second-order valence-corrected chi connectivity index (χ2v) is 3.59. The third kappa shape index (κ3) is 3.48. The summed E-state index contributed by atoms with van der Waals surface area (Å²) < 4.78 is 5.00. The Bertz CT molecular complexity index is 256. The maximum atomic E-state index is 5.86. The highest BCUT2D eigenvalue weighted by atomic mass is 16.5. The first-order valence-corrected chi connectivity index (χ1v) is 5.08.